The Morgan fingerprint density at radius 1 is 1.35 bits per heavy atom. The lowest BCUT2D eigenvalue weighted by atomic mass is 9.88. The third kappa shape index (κ3) is 2.57. The Morgan fingerprint density at radius 2 is 2.15 bits per heavy atom. The second-order valence-corrected chi connectivity index (χ2v) is 6.38. The average Bonchev–Trinajstić information content (AvgIpc) is 3.07. The number of nitro benzene ring substituents is 1. The van der Waals surface area contributed by atoms with Crippen LogP contribution in [0.25, 0.3) is 0 Å². The molecule has 0 heterocycles. The van der Waals surface area contributed by atoms with Crippen LogP contribution in [-0.2, 0) is 0 Å². The van der Waals surface area contributed by atoms with Gasteiger partial charge < -0.3 is 5.32 Å². The van der Waals surface area contributed by atoms with Crippen molar-refractivity contribution in [3.8, 4) is 0 Å². The normalized spacial score (nSPS) is 29.6. The molecule has 0 radical (unpaired) electrons. The third-order valence-corrected chi connectivity index (χ3v) is 5.17. The molecule has 4 unspecified atom stereocenters. The van der Waals surface area contributed by atoms with Gasteiger partial charge in [0.25, 0.3) is 5.69 Å². The van der Waals surface area contributed by atoms with E-state index in [-0.39, 0.29) is 16.7 Å². The van der Waals surface area contributed by atoms with Crippen molar-refractivity contribution >= 4 is 5.69 Å². The smallest absolute Gasteiger partial charge is 0.274 e. The number of benzene rings is 1. The molecule has 4 heteroatoms. The molecule has 2 fully saturated rings. The van der Waals surface area contributed by atoms with E-state index < -0.39 is 0 Å². The summed E-state index contributed by atoms with van der Waals surface area (Å²) in [6, 6.07) is 7.08. The molecular formula is C16H22N2O2. The molecule has 1 aromatic carbocycles. The Morgan fingerprint density at radius 3 is 2.80 bits per heavy atom. The standard InChI is InChI=1S/C16H22N2O2/c1-11(15-4-2-3-5-16(15)18(19)20)17-10-14-9-12-6-7-13(14)8-12/h2-5,11-14,17H,6-10H2,1H3. The Labute approximate surface area is 119 Å². The number of rotatable bonds is 5. The summed E-state index contributed by atoms with van der Waals surface area (Å²) in [6.07, 6.45) is 5.56. The molecule has 1 N–H and O–H groups in total. The van der Waals surface area contributed by atoms with E-state index in [0.717, 1.165) is 29.9 Å². The minimum atomic E-state index is -0.287. The maximum atomic E-state index is 11.1. The second-order valence-electron chi connectivity index (χ2n) is 6.38. The maximum Gasteiger partial charge on any atom is 0.274 e. The van der Waals surface area contributed by atoms with E-state index in [1.807, 2.05) is 19.1 Å². The monoisotopic (exact) mass is 274 g/mol. The molecule has 4 nitrogen and oxygen atoms in total. The summed E-state index contributed by atoms with van der Waals surface area (Å²) in [7, 11) is 0. The molecule has 2 aliphatic rings. The highest BCUT2D eigenvalue weighted by molar-refractivity contribution is 5.41. The number of hydrogen-bond acceptors (Lipinski definition) is 3. The van der Waals surface area contributed by atoms with Crippen LogP contribution in [0.3, 0.4) is 0 Å². The van der Waals surface area contributed by atoms with Gasteiger partial charge in [-0.1, -0.05) is 24.6 Å². The van der Waals surface area contributed by atoms with Gasteiger partial charge in [0.15, 0.2) is 0 Å². The topological polar surface area (TPSA) is 55.2 Å². The van der Waals surface area contributed by atoms with Crippen LogP contribution in [0.5, 0.6) is 0 Å². The third-order valence-electron chi connectivity index (χ3n) is 5.17. The highest BCUT2D eigenvalue weighted by Crippen LogP contribution is 2.48. The zero-order chi connectivity index (χ0) is 14.1. The van der Waals surface area contributed by atoms with E-state index in [9.17, 15) is 10.1 Å². The van der Waals surface area contributed by atoms with Crippen LogP contribution >= 0.6 is 0 Å². The van der Waals surface area contributed by atoms with E-state index in [1.165, 1.54) is 25.7 Å². The molecule has 0 amide bonds. The molecule has 2 saturated carbocycles. The van der Waals surface area contributed by atoms with Gasteiger partial charge in [-0.15, -0.1) is 0 Å². The molecule has 0 aromatic heterocycles. The molecule has 2 bridgehead atoms. The van der Waals surface area contributed by atoms with E-state index in [2.05, 4.69) is 5.32 Å². The molecular weight excluding hydrogens is 252 g/mol. The van der Waals surface area contributed by atoms with Crippen molar-refractivity contribution in [2.24, 2.45) is 17.8 Å². The number of hydrogen-bond donors (Lipinski definition) is 1. The number of nitrogens with zero attached hydrogens (tertiary/aromatic N) is 1. The number of para-hydroxylation sites is 1. The summed E-state index contributed by atoms with van der Waals surface area (Å²) in [5, 5.41) is 14.6. The quantitative estimate of drug-likeness (QED) is 0.658. The molecule has 0 spiro atoms. The van der Waals surface area contributed by atoms with Gasteiger partial charge in [0.1, 0.15) is 0 Å². The zero-order valence-electron chi connectivity index (χ0n) is 11.9. The summed E-state index contributed by atoms with van der Waals surface area (Å²) in [6.45, 7) is 3.02. The van der Waals surface area contributed by atoms with Crippen molar-refractivity contribution in [3.63, 3.8) is 0 Å². The van der Waals surface area contributed by atoms with Crippen LogP contribution in [0.15, 0.2) is 24.3 Å². The molecule has 0 saturated heterocycles. The van der Waals surface area contributed by atoms with Crippen molar-refractivity contribution in [1.29, 1.82) is 0 Å². The summed E-state index contributed by atoms with van der Waals surface area (Å²) in [4.78, 5) is 10.8. The van der Waals surface area contributed by atoms with Gasteiger partial charge in [0.05, 0.1) is 4.92 Å². The predicted molar refractivity (Wildman–Crippen MR) is 78.5 cm³/mol. The van der Waals surface area contributed by atoms with Crippen LogP contribution in [-0.4, -0.2) is 11.5 Å². The lowest BCUT2D eigenvalue weighted by Crippen LogP contribution is -2.29. The van der Waals surface area contributed by atoms with Gasteiger partial charge in [-0.3, -0.25) is 10.1 Å². The fourth-order valence-electron chi connectivity index (χ4n) is 4.08. The van der Waals surface area contributed by atoms with Gasteiger partial charge in [-0.05, 0) is 50.5 Å². The highest BCUT2D eigenvalue weighted by atomic mass is 16.6. The Bertz CT molecular complexity index is 503. The molecule has 2 aliphatic carbocycles. The molecule has 1 aromatic rings. The summed E-state index contributed by atoms with van der Waals surface area (Å²) in [5.41, 5.74) is 1.01. The minimum Gasteiger partial charge on any atom is -0.310 e. The van der Waals surface area contributed by atoms with E-state index in [1.54, 1.807) is 12.1 Å². The fourth-order valence-corrected chi connectivity index (χ4v) is 4.08. The molecule has 20 heavy (non-hydrogen) atoms. The van der Waals surface area contributed by atoms with Crippen LogP contribution in [0.1, 0.15) is 44.2 Å². The zero-order valence-corrected chi connectivity index (χ0v) is 11.9. The molecule has 108 valence electrons. The van der Waals surface area contributed by atoms with Gasteiger partial charge in [0.2, 0.25) is 0 Å². The van der Waals surface area contributed by atoms with E-state index >= 15 is 0 Å². The Hall–Kier alpha value is -1.42. The van der Waals surface area contributed by atoms with Crippen molar-refractivity contribution in [1.82, 2.24) is 5.32 Å². The maximum absolute atomic E-state index is 11.1. The average molecular weight is 274 g/mol. The van der Waals surface area contributed by atoms with Crippen LogP contribution in [0, 0.1) is 27.9 Å². The molecule has 0 aliphatic heterocycles. The van der Waals surface area contributed by atoms with Gasteiger partial charge in [-0.25, -0.2) is 0 Å². The van der Waals surface area contributed by atoms with Crippen molar-refractivity contribution < 1.29 is 4.92 Å². The van der Waals surface area contributed by atoms with Gasteiger partial charge >= 0.3 is 0 Å². The van der Waals surface area contributed by atoms with Crippen LogP contribution in [0.4, 0.5) is 5.69 Å². The number of fused-ring (bicyclic) bond motifs is 2. The van der Waals surface area contributed by atoms with Crippen LogP contribution < -0.4 is 5.32 Å². The molecule has 3 rings (SSSR count). The fraction of sp³-hybridized carbons (Fsp3) is 0.625. The Kier molecular flexibility index (Phi) is 3.74. The predicted octanol–water partition coefficient (Wildman–Crippen LogP) is 3.68. The highest BCUT2D eigenvalue weighted by Gasteiger charge is 2.39. The van der Waals surface area contributed by atoms with E-state index in [0.29, 0.717) is 0 Å². The SMILES string of the molecule is CC(NCC1CC2CCC1C2)c1ccccc1[N+](=O)[O-]. The Balaban J connectivity index is 1.62. The largest absolute Gasteiger partial charge is 0.310 e. The first-order valence-electron chi connectivity index (χ1n) is 7.62. The van der Waals surface area contributed by atoms with Gasteiger partial charge in [-0.2, -0.15) is 0 Å². The molecule has 4 atom stereocenters. The lowest BCUT2D eigenvalue weighted by molar-refractivity contribution is -0.385. The van der Waals surface area contributed by atoms with Crippen molar-refractivity contribution in [2.75, 3.05) is 6.54 Å². The van der Waals surface area contributed by atoms with Gasteiger partial charge in [0, 0.05) is 17.7 Å². The van der Waals surface area contributed by atoms with E-state index in [4.69, 9.17) is 0 Å². The van der Waals surface area contributed by atoms with Crippen molar-refractivity contribution in [2.45, 2.75) is 38.6 Å². The second kappa shape index (κ2) is 5.52. The number of nitro groups is 1. The first-order chi connectivity index (χ1) is 9.65. The minimum absolute atomic E-state index is 0.0377. The first kappa shape index (κ1) is 13.6. The summed E-state index contributed by atoms with van der Waals surface area (Å²) < 4.78 is 0. The first-order valence-corrected chi connectivity index (χ1v) is 7.62. The van der Waals surface area contributed by atoms with Crippen molar-refractivity contribution in [3.05, 3.63) is 39.9 Å². The number of nitrogens with one attached hydrogen (secondary N) is 1. The van der Waals surface area contributed by atoms with Crippen LogP contribution in [0.2, 0.25) is 0 Å². The summed E-state index contributed by atoms with van der Waals surface area (Å²) in [5.74, 6) is 2.62. The lowest BCUT2D eigenvalue weighted by Gasteiger charge is -2.24. The summed E-state index contributed by atoms with van der Waals surface area (Å²) >= 11 is 0.